The summed E-state index contributed by atoms with van der Waals surface area (Å²) in [6.45, 7) is 2.39. The quantitative estimate of drug-likeness (QED) is 0.751. The van der Waals surface area contributed by atoms with Crippen LogP contribution in [-0.4, -0.2) is 41.3 Å². The van der Waals surface area contributed by atoms with Crippen molar-refractivity contribution in [2.24, 2.45) is 0 Å². The number of nitrogens with zero attached hydrogens (tertiary/aromatic N) is 1. The molecule has 3 heterocycles. The molecule has 6 heteroatoms. The molecular formula is C19H20N4O2. The van der Waals surface area contributed by atoms with E-state index in [0.717, 1.165) is 42.9 Å². The maximum Gasteiger partial charge on any atom is 0.256 e. The second-order valence-corrected chi connectivity index (χ2v) is 6.43. The molecule has 3 N–H and O–H groups in total. The van der Waals surface area contributed by atoms with Gasteiger partial charge in [0.1, 0.15) is 0 Å². The highest BCUT2D eigenvalue weighted by molar-refractivity contribution is 6.35. The Hall–Kier alpha value is -2.86. The zero-order valence-corrected chi connectivity index (χ0v) is 13.8. The van der Waals surface area contributed by atoms with Crippen molar-refractivity contribution in [3.8, 4) is 0 Å². The van der Waals surface area contributed by atoms with E-state index in [2.05, 4.69) is 20.5 Å². The summed E-state index contributed by atoms with van der Waals surface area (Å²) in [6, 6.07) is 9.28. The number of H-pyrrole nitrogens is 1. The number of benzene rings is 1. The van der Waals surface area contributed by atoms with Crippen molar-refractivity contribution in [1.82, 2.24) is 9.88 Å². The van der Waals surface area contributed by atoms with Gasteiger partial charge in [-0.2, -0.15) is 0 Å². The molecule has 1 aromatic carbocycles. The Kier molecular flexibility index (Phi) is 4.11. The number of aromatic amines is 1. The van der Waals surface area contributed by atoms with E-state index in [9.17, 15) is 9.59 Å². The second kappa shape index (κ2) is 6.57. The molecule has 2 aromatic rings. The van der Waals surface area contributed by atoms with Crippen LogP contribution in [0.2, 0.25) is 0 Å². The molecule has 1 fully saturated rings. The summed E-state index contributed by atoms with van der Waals surface area (Å²) in [5.74, 6) is -0.154. The molecule has 0 bridgehead atoms. The Labute approximate surface area is 145 Å². The summed E-state index contributed by atoms with van der Waals surface area (Å²) in [6.07, 6.45) is 5.95. The van der Waals surface area contributed by atoms with Crippen LogP contribution in [0.4, 0.5) is 11.4 Å². The zero-order chi connectivity index (χ0) is 17.2. The van der Waals surface area contributed by atoms with Crippen LogP contribution in [0.1, 0.15) is 24.1 Å². The number of amides is 2. The number of nitrogens with one attached hydrogen (secondary N) is 3. The van der Waals surface area contributed by atoms with Crippen molar-refractivity contribution >= 4 is 34.8 Å². The summed E-state index contributed by atoms with van der Waals surface area (Å²) >= 11 is 0. The zero-order valence-electron chi connectivity index (χ0n) is 13.8. The van der Waals surface area contributed by atoms with E-state index in [4.69, 9.17) is 0 Å². The first-order chi connectivity index (χ1) is 12.2. The van der Waals surface area contributed by atoms with Crippen LogP contribution in [0.15, 0.2) is 36.5 Å². The normalized spacial score (nSPS) is 18.4. The largest absolute Gasteiger partial charge is 0.362 e. The van der Waals surface area contributed by atoms with E-state index in [1.165, 1.54) is 0 Å². The summed E-state index contributed by atoms with van der Waals surface area (Å²) in [7, 11) is 0. The number of anilines is 2. The minimum Gasteiger partial charge on any atom is -0.362 e. The predicted octanol–water partition coefficient (Wildman–Crippen LogP) is 2.54. The lowest BCUT2D eigenvalue weighted by Crippen LogP contribution is -2.30. The number of carbonyl (C=O) groups excluding carboxylic acids is 2. The third-order valence-corrected chi connectivity index (χ3v) is 4.57. The van der Waals surface area contributed by atoms with Gasteiger partial charge in [0.05, 0.1) is 12.1 Å². The number of hydrogen-bond acceptors (Lipinski definition) is 3. The SMILES string of the molecule is O=C(CN1CCCC1)Nc1ccc2c(c1)C(=Cc1ccc[nH]1)C(=O)N2. The maximum absolute atomic E-state index is 12.2. The molecule has 2 aliphatic heterocycles. The lowest BCUT2D eigenvalue weighted by atomic mass is 10.1. The first-order valence-corrected chi connectivity index (χ1v) is 8.52. The van der Waals surface area contributed by atoms with Crippen LogP contribution in [0.5, 0.6) is 0 Å². The smallest absolute Gasteiger partial charge is 0.256 e. The second-order valence-electron chi connectivity index (χ2n) is 6.43. The average molecular weight is 336 g/mol. The maximum atomic E-state index is 12.2. The number of carbonyl (C=O) groups is 2. The van der Waals surface area contributed by atoms with Gasteiger partial charge in [-0.15, -0.1) is 0 Å². The van der Waals surface area contributed by atoms with Gasteiger partial charge in [-0.1, -0.05) is 0 Å². The van der Waals surface area contributed by atoms with Crippen molar-refractivity contribution in [1.29, 1.82) is 0 Å². The fourth-order valence-corrected chi connectivity index (χ4v) is 3.34. The molecule has 0 radical (unpaired) electrons. The van der Waals surface area contributed by atoms with E-state index in [1.807, 2.05) is 42.6 Å². The van der Waals surface area contributed by atoms with Crippen LogP contribution >= 0.6 is 0 Å². The molecule has 2 amide bonds. The highest BCUT2D eigenvalue weighted by Crippen LogP contribution is 2.34. The van der Waals surface area contributed by atoms with Crippen molar-refractivity contribution in [2.75, 3.05) is 30.3 Å². The molecule has 6 nitrogen and oxygen atoms in total. The van der Waals surface area contributed by atoms with Crippen molar-refractivity contribution in [2.45, 2.75) is 12.8 Å². The highest BCUT2D eigenvalue weighted by Gasteiger charge is 2.25. The van der Waals surface area contributed by atoms with Gasteiger partial charge in [0, 0.05) is 28.8 Å². The number of likely N-dealkylation sites (tertiary alicyclic amines) is 1. The molecule has 1 saturated heterocycles. The molecule has 128 valence electrons. The van der Waals surface area contributed by atoms with Gasteiger partial charge in [-0.3, -0.25) is 14.5 Å². The number of aromatic nitrogens is 1. The highest BCUT2D eigenvalue weighted by atomic mass is 16.2. The molecule has 0 spiro atoms. The minimum atomic E-state index is -0.134. The van der Waals surface area contributed by atoms with E-state index in [0.29, 0.717) is 17.8 Å². The lowest BCUT2D eigenvalue weighted by molar-refractivity contribution is -0.117. The Morgan fingerprint density at radius 3 is 2.84 bits per heavy atom. The first-order valence-electron chi connectivity index (χ1n) is 8.52. The average Bonchev–Trinajstić information content (AvgIpc) is 3.32. The molecule has 0 aliphatic carbocycles. The van der Waals surface area contributed by atoms with Crippen LogP contribution in [0, 0.1) is 0 Å². The number of fused-ring (bicyclic) bond motifs is 1. The van der Waals surface area contributed by atoms with Gasteiger partial charge >= 0.3 is 0 Å². The molecule has 4 rings (SSSR count). The van der Waals surface area contributed by atoms with Gasteiger partial charge in [0.25, 0.3) is 5.91 Å². The third kappa shape index (κ3) is 3.34. The standard InChI is InChI=1S/C19H20N4O2/c24-18(12-23-8-1-2-9-23)21-14-5-6-17-15(11-14)16(19(25)22-17)10-13-4-3-7-20-13/h3-7,10-11,20H,1-2,8-9,12H2,(H,21,24)(H,22,25). The lowest BCUT2D eigenvalue weighted by Gasteiger charge is -2.14. The van der Waals surface area contributed by atoms with Gasteiger partial charge < -0.3 is 15.6 Å². The van der Waals surface area contributed by atoms with E-state index in [-0.39, 0.29) is 11.8 Å². The number of rotatable bonds is 4. The predicted molar refractivity (Wildman–Crippen MR) is 98.0 cm³/mol. The molecule has 2 aliphatic rings. The summed E-state index contributed by atoms with van der Waals surface area (Å²) in [5.41, 5.74) is 3.73. The van der Waals surface area contributed by atoms with Crippen LogP contribution in [0.25, 0.3) is 11.6 Å². The first kappa shape index (κ1) is 15.7. The van der Waals surface area contributed by atoms with Crippen molar-refractivity contribution in [3.63, 3.8) is 0 Å². The monoisotopic (exact) mass is 336 g/mol. The Morgan fingerprint density at radius 1 is 1.24 bits per heavy atom. The Bertz CT molecular complexity index is 833. The summed E-state index contributed by atoms with van der Waals surface area (Å²) in [5, 5.41) is 5.80. The molecule has 0 saturated carbocycles. The van der Waals surface area contributed by atoms with Crippen LogP contribution in [-0.2, 0) is 9.59 Å². The minimum absolute atomic E-state index is 0.0194. The summed E-state index contributed by atoms with van der Waals surface area (Å²) in [4.78, 5) is 29.7. The third-order valence-electron chi connectivity index (χ3n) is 4.57. The van der Waals surface area contributed by atoms with Gasteiger partial charge in [-0.05, 0) is 62.3 Å². The molecule has 0 unspecified atom stereocenters. The summed E-state index contributed by atoms with van der Waals surface area (Å²) < 4.78 is 0. The Balaban J connectivity index is 1.54. The molecule has 25 heavy (non-hydrogen) atoms. The number of hydrogen-bond donors (Lipinski definition) is 3. The van der Waals surface area contributed by atoms with Gasteiger partial charge in [0.15, 0.2) is 0 Å². The Morgan fingerprint density at radius 2 is 2.08 bits per heavy atom. The van der Waals surface area contributed by atoms with E-state index < -0.39 is 0 Å². The van der Waals surface area contributed by atoms with Crippen molar-refractivity contribution in [3.05, 3.63) is 47.8 Å². The van der Waals surface area contributed by atoms with E-state index in [1.54, 1.807) is 0 Å². The van der Waals surface area contributed by atoms with Gasteiger partial charge in [0.2, 0.25) is 5.91 Å². The fraction of sp³-hybridized carbons (Fsp3) is 0.263. The van der Waals surface area contributed by atoms with Gasteiger partial charge in [-0.25, -0.2) is 0 Å². The van der Waals surface area contributed by atoms with Crippen molar-refractivity contribution < 1.29 is 9.59 Å². The molecule has 1 aromatic heterocycles. The van der Waals surface area contributed by atoms with E-state index >= 15 is 0 Å². The fourth-order valence-electron chi connectivity index (χ4n) is 3.34. The topological polar surface area (TPSA) is 77.2 Å². The van der Waals surface area contributed by atoms with Crippen LogP contribution in [0.3, 0.4) is 0 Å². The molecular weight excluding hydrogens is 316 g/mol. The molecule has 0 atom stereocenters. The van der Waals surface area contributed by atoms with Crippen LogP contribution < -0.4 is 10.6 Å².